The number of imidazole rings is 1. The van der Waals surface area contributed by atoms with Crippen LogP contribution >= 0.6 is 0 Å². The first-order valence-corrected chi connectivity index (χ1v) is 12.8. The van der Waals surface area contributed by atoms with Crippen molar-refractivity contribution in [3.63, 3.8) is 0 Å². The van der Waals surface area contributed by atoms with Crippen molar-refractivity contribution in [2.45, 2.75) is 42.3 Å². The number of benzene rings is 1. The first-order chi connectivity index (χ1) is 15.8. The third-order valence-corrected chi connectivity index (χ3v) is 8.64. The van der Waals surface area contributed by atoms with Gasteiger partial charge in [-0.15, -0.1) is 0 Å². The molecule has 1 aliphatic carbocycles. The molecule has 11 heteroatoms. The topological polar surface area (TPSA) is 141 Å². The van der Waals surface area contributed by atoms with Crippen LogP contribution in [0.4, 0.5) is 5.69 Å². The molecular formula is C22H31N7O3S. The molecule has 0 radical (unpaired) electrons. The zero-order valence-electron chi connectivity index (χ0n) is 18.5. The lowest BCUT2D eigenvalue weighted by atomic mass is 9.78. The zero-order valence-corrected chi connectivity index (χ0v) is 19.3. The second-order valence-electron chi connectivity index (χ2n) is 9.00. The smallest absolute Gasteiger partial charge is 0.243 e. The van der Waals surface area contributed by atoms with Gasteiger partial charge in [-0.25, -0.2) is 18.1 Å². The van der Waals surface area contributed by atoms with Gasteiger partial charge in [0.2, 0.25) is 10.0 Å². The first-order valence-electron chi connectivity index (χ1n) is 11.4. The van der Waals surface area contributed by atoms with E-state index in [1.165, 1.54) is 4.31 Å². The van der Waals surface area contributed by atoms with Gasteiger partial charge in [0.05, 0.1) is 23.8 Å². The van der Waals surface area contributed by atoms with Gasteiger partial charge in [-0.3, -0.25) is 0 Å². The molecule has 1 atom stereocenters. The van der Waals surface area contributed by atoms with E-state index in [0.717, 1.165) is 31.4 Å². The van der Waals surface area contributed by atoms with Crippen LogP contribution in [-0.4, -0.2) is 60.4 Å². The third kappa shape index (κ3) is 4.38. The second kappa shape index (κ2) is 8.73. The number of nitrogens with one attached hydrogen (secondary N) is 2. The quantitative estimate of drug-likeness (QED) is 0.506. The molecule has 33 heavy (non-hydrogen) atoms. The van der Waals surface area contributed by atoms with Gasteiger partial charge in [0.25, 0.3) is 0 Å². The van der Waals surface area contributed by atoms with Crippen LogP contribution in [0.3, 0.4) is 0 Å². The van der Waals surface area contributed by atoms with Crippen molar-refractivity contribution < 1.29 is 13.2 Å². The Morgan fingerprint density at radius 1 is 1.18 bits per heavy atom. The van der Waals surface area contributed by atoms with Gasteiger partial charge in [-0.2, -0.15) is 4.31 Å². The Morgan fingerprint density at radius 3 is 2.70 bits per heavy atom. The maximum Gasteiger partial charge on any atom is 0.243 e. The predicted molar refractivity (Wildman–Crippen MR) is 126 cm³/mol. The van der Waals surface area contributed by atoms with E-state index in [2.05, 4.69) is 15.7 Å². The summed E-state index contributed by atoms with van der Waals surface area (Å²) < 4.78 is 34.8. The zero-order chi connectivity index (χ0) is 23.1. The maximum atomic E-state index is 13.1. The fourth-order valence-corrected chi connectivity index (χ4v) is 6.32. The van der Waals surface area contributed by atoms with E-state index in [4.69, 9.17) is 16.2 Å². The molecule has 3 aliphatic rings. The summed E-state index contributed by atoms with van der Waals surface area (Å²) in [4.78, 5) is 4.70. The minimum absolute atomic E-state index is 0.220. The van der Waals surface area contributed by atoms with Gasteiger partial charge in [0.15, 0.2) is 5.82 Å². The number of rotatable bonds is 5. The van der Waals surface area contributed by atoms with Crippen molar-refractivity contribution in [3.05, 3.63) is 48.6 Å². The van der Waals surface area contributed by atoms with Gasteiger partial charge >= 0.3 is 0 Å². The van der Waals surface area contributed by atoms with Crippen LogP contribution in [0.1, 0.15) is 31.5 Å². The Morgan fingerprint density at radius 2 is 1.94 bits per heavy atom. The molecule has 0 spiro atoms. The van der Waals surface area contributed by atoms with Crippen molar-refractivity contribution >= 4 is 21.4 Å². The Bertz CT molecular complexity index is 1130. The number of ether oxygens (including phenoxy) is 1. The van der Waals surface area contributed by atoms with Crippen molar-refractivity contribution in [1.29, 1.82) is 0 Å². The number of morpholine rings is 1. The SMILES string of the molecule is NC1CCC(C2(N)C=C(Nc3cccc(S(=O)(=O)N4CCOCC4)c3)c3nccn3N2)CC1. The molecule has 1 aromatic heterocycles. The minimum atomic E-state index is -3.60. The Hall–Kier alpha value is -2.44. The molecule has 10 nitrogen and oxygen atoms in total. The fourth-order valence-electron chi connectivity index (χ4n) is 4.86. The molecular weight excluding hydrogens is 442 g/mol. The lowest BCUT2D eigenvalue weighted by Gasteiger charge is -2.42. The van der Waals surface area contributed by atoms with Gasteiger partial charge in [0.1, 0.15) is 5.66 Å². The molecule has 1 aromatic carbocycles. The molecule has 1 saturated heterocycles. The molecule has 5 rings (SSSR count). The molecule has 2 fully saturated rings. The predicted octanol–water partition coefficient (Wildman–Crippen LogP) is 1.09. The number of nitrogens with two attached hydrogens (primary N) is 2. The highest BCUT2D eigenvalue weighted by atomic mass is 32.2. The molecule has 3 heterocycles. The highest BCUT2D eigenvalue weighted by molar-refractivity contribution is 7.89. The van der Waals surface area contributed by atoms with Crippen molar-refractivity contribution in [1.82, 2.24) is 14.0 Å². The number of anilines is 1. The summed E-state index contributed by atoms with van der Waals surface area (Å²) in [5.41, 5.74) is 17.0. The van der Waals surface area contributed by atoms with Crippen molar-refractivity contribution in [2.75, 3.05) is 37.0 Å². The van der Waals surface area contributed by atoms with E-state index in [1.807, 2.05) is 23.0 Å². The van der Waals surface area contributed by atoms with E-state index < -0.39 is 15.7 Å². The van der Waals surface area contributed by atoms with Gasteiger partial charge < -0.3 is 26.9 Å². The monoisotopic (exact) mass is 473 g/mol. The number of aromatic nitrogens is 2. The summed E-state index contributed by atoms with van der Waals surface area (Å²) in [6.07, 6.45) is 9.27. The summed E-state index contributed by atoms with van der Waals surface area (Å²) in [5.74, 6) is 0.905. The minimum Gasteiger partial charge on any atom is -0.379 e. The number of sulfonamides is 1. The number of hydrogen-bond acceptors (Lipinski definition) is 8. The molecule has 178 valence electrons. The van der Waals surface area contributed by atoms with Gasteiger partial charge in [0, 0.05) is 43.1 Å². The van der Waals surface area contributed by atoms with Crippen LogP contribution in [0.15, 0.2) is 47.6 Å². The lowest BCUT2D eigenvalue weighted by Crippen LogP contribution is -2.58. The summed E-state index contributed by atoms with van der Waals surface area (Å²) >= 11 is 0. The maximum absolute atomic E-state index is 13.1. The van der Waals surface area contributed by atoms with E-state index in [-0.39, 0.29) is 16.9 Å². The molecule has 0 amide bonds. The lowest BCUT2D eigenvalue weighted by molar-refractivity contribution is 0.0730. The van der Waals surface area contributed by atoms with Crippen LogP contribution in [-0.2, 0) is 14.8 Å². The largest absolute Gasteiger partial charge is 0.379 e. The molecule has 2 aliphatic heterocycles. The summed E-state index contributed by atoms with van der Waals surface area (Å²) in [7, 11) is -3.60. The average Bonchev–Trinajstić information content (AvgIpc) is 3.29. The number of nitrogens with zero attached hydrogens (tertiary/aromatic N) is 3. The van der Waals surface area contributed by atoms with Crippen LogP contribution in [0.2, 0.25) is 0 Å². The molecule has 2 aromatic rings. The Labute approximate surface area is 194 Å². The van der Waals surface area contributed by atoms with Crippen LogP contribution in [0.25, 0.3) is 5.70 Å². The standard InChI is InChI=1S/C22H31N7O3S/c23-17-6-4-16(5-7-17)22(24)15-20(21-25-8-9-29(21)27-22)26-18-2-1-3-19(14-18)33(30,31)28-10-12-32-13-11-28/h1-3,8-9,14-17,26-27H,4-7,10-13,23-24H2. The van der Waals surface area contributed by atoms with Crippen LogP contribution in [0, 0.1) is 5.92 Å². The van der Waals surface area contributed by atoms with E-state index in [1.54, 1.807) is 24.4 Å². The van der Waals surface area contributed by atoms with Crippen molar-refractivity contribution in [3.8, 4) is 0 Å². The second-order valence-corrected chi connectivity index (χ2v) is 10.9. The average molecular weight is 474 g/mol. The van der Waals surface area contributed by atoms with Crippen LogP contribution in [0.5, 0.6) is 0 Å². The fraction of sp³-hybridized carbons (Fsp3) is 0.500. The summed E-state index contributed by atoms with van der Waals surface area (Å²) in [5, 5.41) is 3.37. The highest BCUT2D eigenvalue weighted by Crippen LogP contribution is 2.35. The van der Waals surface area contributed by atoms with Gasteiger partial charge in [-0.05, 0) is 50.0 Å². The summed E-state index contributed by atoms with van der Waals surface area (Å²) in [6, 6.07) is 7.08. The molecule has 0 bridgehead atoms. The first kappa shape index (κ1) is 22.4. The number of fused-ring (bicyclic) bond motifs is 1. The Balaban J connectivity index is 1.43. The summed E-state index contributed by atoms with van der Waals surface area (Å²) in [6.45, 7) is 1.53. The Kier molecular flexibility index (Phi) is 5.91. The highest BCUT2D eigenvalue weighted by Gasteiger charge is 2.39. The van der Waals surface area contributed by atoms with Gasteiger partial charge in [-0.1, -0.05) is 6.07 Å². The third-order valence-electron chi connectivity index (χ3n) is 6.75. The van der Waals surface area contributed by atoms with E-state index in [9.17, 15) is 8.42 Å². The molecule has 1 saturated carbocycles. The normalized spacial score (nSPS) is 28.5. The van der Waals surface area contributed by atoms with E-state index in [0.29, 0.717) is 37.8 Å². The van der Waals surface area contributed by atoms with Crippen molar-refractivity contribution in [2.24, 2.45) is 17.4 Å². The van der Waals surface area contributed by atoms with E-state index >= 15 is 0 Å². The van der Waals surface area contributed by atoms with Crippen LogP contribution < -0.4 is 22.2 Å². The molecule has 1 unspecified atom stereocenters. The molecule has 6 N–H and O–H groups in total. The number of hydrogen-bond donors (Lipinski definition) is 4.